The number of aliphatic imine (C=N–C) groups is 1. The molecular weight excluding hydrogens is 440 g/mol. The molecule has 0 atom stereocenters. The molecule has 172 valence electrons. The van der Waals surface area contributed by atoms with Crippen molar-refractivity contribution in [3.8, 4) is 0 Å². The van der Waals surface area contributed by atoms with E-state index in [2.05, 4.69) is 30.8 Å². The topological polar surface area (TPSA) is 141 Å². The number of hydrogen-bond acceptors (Lipinski definition) is 8. The molecule has 3 heterocycles. The van der Waals surface area contributed by atoms with Gasteiger partial charge in [-0.2, -0.15) is 5.10 Å². The summed E-state index contributed by atoms with van der Waals surface area (Å²) in [4.78, 5) is 35.8. The molecule has 1 aromatic carbocycles. The summed E-state index contributed by atoms with van der Waals surface area (Å²) in [6.45, 7) is 5.32. The van der Waals surface area contributed by atoms with E-state index < -0.39 is 0 Å². The first-order valence-corrected chi connectivity index (χ1v) is 11.4. The van der Waals surface area contributed by atoms with Gasteiger partial charge in [-0.15, -0.1) is 0 Å². The monoisotopic (exact) mass is 466 g/mol. The molecule has 33 heavy (non-hydrogen) atoms. The van der Waals surface area contributed by atoms with Gasteiger partial charge in [-0.25, -0.2) is 4.98 Å². The Morgan fingerprint density at radius 3 is 2.82 bits per heavy atom. The van der Waals surface area contributed by atoms with Crippen LogP contribution < -0.4 is 16.4 Å². The van der Waals surface area contributed by atoms with E-state index in [9.17, 15) is 9.59 Å². The van der Waals surface area contributed by atoms with E-state index in [4.69, 9.17) is 5.73 Å². The fourth-order valence-corrected chi connectivity index (χ4v) is 4.26. The van der Waals surface area contributed by atoms with Gasteiger partial charge in [0, 0.05) is 30.4 Å². The van der Waals surface area contributed by atoms with E-state index in [1.807, 2.05) is 24.0 Å². The number of benzene rings is 1. The minimum absolute atomic E-state index is 0.00826. The maximum atomic E-state index is 12.8. The number of hydrogen-bond donors (Lipinski definition) is 4. The number of aryl methyl sites for hydroxylation is 1. The zero-order chi connectivity index (χ0) is 23.4. The van der Waals surface area contributed by atoms with Crippen LogP contribution in [0.15, 0.2) is 40.9 Å². The summed E-state index contributed by atoms with van der Waals surface area (Å²) in [5.74, 6) is -0.258. The van der Waals surface area contributed by atoms with Crippen LogP contribution in [-0.2, 0) is 4.79 Å². The summed E-state index contributed by atoms with van der Waals surface area (Å²) in [5, 5.41) is 14.3. The Kier molecular flexibility index (Phi) is 6.68. The van der Waals surface area contributed by atoms with Crippen molar-refractivity contribution in [1.82, 2.24) is 20.1 Å². The number of likely N-dealkylation sites (tertiary alicyclic amines) is 1. The van der Waals surface area contributed by atoms with E-state index in [0.29, 0.717) is 27.1 Å². The number of rotatable bonds is 7. The van der Waals surface area contributed by atoms with Gasteiger partial charge < -0.3 is 21.3 Å². The molecule has 1 saturated heterocycles. The number of amides is 2. The maximum Gasteiger partial charge on any atom is 0.267 e. The van der Waals surface area contributed by atoms with Crippen LogP contribution in [0.2, 0.25) is 0 Å². The van der Waals surface area contributed by atoms with Gasteiger partial charge in [-0.1, -0.05) is 17.4 Å². The van der Waals surface area contributed by atoms with Crippen LogP contribution in [0.5, 0.6) is 0 Å². The van der Waals surface area contributed by atoms with Crippen LogP contribution in [0.1, 0.15) is 35.0 Å². The maximum absolute atomic E-state index is 12.8. The molecule has 4 rings (SSSR count). The van der Waals surface area contributed by atoms with Crippen LogP contribution in [0.3, 0.4) is 0 Å². The molecule has 2 amide bonds. The summed E-state index contributed by atoms with van der Waals surface area (Å²) in [6, 6.07) is 3.84. The number of carbonyl (C=O) groups excluding carboxylic acids is 2. The normalized spacial score (nSPS) is 14.7. The summed E-state index contributed by atoms with van der Waals surface area (Å²) in [7, 11) is 0. The summed E-state index contributed by atoms with van der Waals surface area (Å²) in [5.41, 5.74) is 9.49. The van der Waals surface area contributed by atoms with E-state index in [1.54, 1.807) is 13.1 Å². The molecule has 10 nitrogen and oxygen atoms in total. The number of nitrogens with zero attached hydrogens (tertiary/aromatic N) is 4. The third kappa shape index (κ3) is 5.20. The second kappa shape index (κ2) is 9.82. The van der Waals surface area contributed by atoms with Gasteiger partial charge in [0.25, 0.3) is 5.91 Å². The van der Waals surface area contributed by atoms with Gasteiger partial charge in [0.2, 0.25) is 5.91 Å². The zero-order valence-electron chi connectivity index (χ0n) is 18.5. The number of nitrogens with two attached hydrogens (primary N) is 1. The highest BCUT2D eigenvalue weighted by Gasteiger charge is 2.17. The van der Waals surface area contributed by atoms with Gasteiger partial charge in [0.15, 0.2) is 5.13 Å². The van der Waals surface area contributed by atoms with E-state index in [1.165, 1.54) is 23.7 Å². The van der Waals surface area contributed by atoms with Crippen molar-refractivity contribution in [3.05, 3.63) is 46.4 Å². The highest BCUT2D eigenvalue weighted by Crippen LogP contribution is 2.27. The number of H-pyrrole nitrogens is 1. The van der Waals surface area contributed by atoms with Crippen molar-refractivity contribution in [2.45, 2.75) is 26.7 Å². The predicted molar refractivity (Wildman–Crippen MR) is 131 cm³/mol. The number of allylic oxidation sites excluding steroid dienone is 2. The summed E-state index contributed by atoms with van der Waals surface area (Å²) >= 11 is 1.20. The molecule has 3 aromatic rings. The second-order valence-electron chi connectivity index (χ2n) is 7.85. The van der Waals surface area contributed by atoms with Gasteiger partial charge in [0.05, 0.1) is 29.3 Å². The number of fused-ring (bicyclic) bond motifs is 1. The Morgan fingerprint density at radius 1 is 1.27 bits per heavy atom. The first kappa shape index (κ1) is 22.5. The number of aromatic nitrogens is 3. The molecule has 1 fully saturated rings. The molecule has 5 N–H and O–H groups in total. The lowest BCUT2D eigenvalue weighted by atomic mass is 10.1. The Morgan fingerprint density at radius 2 is 2.06 bits per heavy atom. The molecule has 1 aliphatic rings. The molecule has 2 aromatic heterocycles. The molecule has 0 bridgehead atoms. The summed E-state index contributed by atoms with van der Waals surface area (Å²) in [6.07, 6.45) is 6.81. The average molecular weight is 467 g/mol. The number of thiazole rings is 1. The quantitative estimate of drug-likeness (QED) is 0.395. The SMILES string of the molecule is C/C(N)=C(/C=NCC(=O)N1CCCC1)Nc1ncc(C(=O)Nc2c(C)ccc3[nH]ncc23)s1. The van der Waals surface area contributed by atoms with Crippen LogP contribution in [0, 0.1) is 6.92 Å². The molecule has 0 saturated carbocycles. The first-order valence-electron chi connectivity index (χ1n) is 10.6. The highest BCUT2D eigenvalue weighted by molar-refractivity contribution is 7.17. The van der Waals surface area contributed by atoms with E-state index >= 15 is 0 Å². The fourth-order valence-electron chi connectivity index (χ4n) is 3.53. The standard InChI is InChI=1S/C22H26N8O2S/c1-13-5-6-16-15(9-26-29-16)20(13)28-21(32)18-11-25-22(33-18)27-17(14(2)23)10-24-12-19(31)30-7-3-4-8-30/h5-6,9-11H,3-4,7-8,12,23H2,1-2H3,(H,25,27)(H,26,29)(H,28,32)/b17-14+,24-10?. The molecule has 0 aliphatic carbocycles. The lowest BCUT2D eigenvalue weighted by molar-refractivity contribution is -0.128. The minimum Gasteiger partial charge on any atom is -0.401 e. The minimum atomic E-state index is -0.266. The first-order chi connectivity index (χ1) is 15.9. The van der Waals surface area contributed by atoms with Crippen molar-refractivity contribution in [2.75, 3.05) is 30.3 Å². The van der Waals surface area contributed by atoms with Crippen LogP contribution in [0.4, 0.5) is 10.8 Å². The molecule has 0 unspecified atom stereocenters. The Hall–Kier alpha value is -3.73. The molecule has 0 spiro atoms. The van der Waals surface area contributed by atoms with Crippen LogP contribution >= 0.6 is 11.3 Å². The number of anilines is 2. The number of carbonyl (C=O) groups is 2. The van der Waals surface area contributed by atoms with Crippen molar-refractivity contribution < 1.29 is 9.59 Å². The van der Waals surface area contributed by atoms with E-state index in [-0.39, 0.29) is 18.4 Å². The summed E-state index contributed by atoms with van der Waals surface area (Å²) < 4.78 is 0. The predicted octanol–water partition coefficient (Wildman–Crippen LogP) is 2.88. The van der Waals surface area contributed by atoms with Gasteiger partial charge in [-0.05, 0) is 38.3 Å². The van der Waals surface area contributed by atoms with Crippen LogP contribution in [-0.4, -0.2) is 57.7 Å². The average Bonchev–Trinajstić information content (AvgIpc) is 3.56. The zero-order valence-corrected chi connectivity index (χ0v) is 19.3. The Labute approximate surface area is 195 Å². The van der Waals surface area contributed by atoms with Gasteiger partial charge in [-0.3, -0.25) is 19.7 Å². The molecular formula is C22H26N8O2S. The van der Waals surface area contributed by atoms with Crippen molar-refractivity contribution >= 4 is 51.1 Å². The van der Waals surface area contributed by atoms with Crippen molar-refractivity contribution in [3.63, 3.8) is 0 Å². The van der Waals surface area contributed by atoms with Crippen LogP contribution in [0.25, 0.3) is 10.9 Å². The van der Waals surface area contributed by atoms with Crippen molar-refractivity contribution in [2.24, 2.45) is 10.7 Å². The number of nitrogens with one attached hydrogen (secondary N) is 3. The van der Waals surface area contributed by atoms with E-state index in [0.717, 1.165) is 42.4 Å². The molecule has 1 aliphatic heterocycles. The molecule has 11 heteroatoms. The van der Waals surface area contributed by atoms with Gasteiger partial charge >= 0.3 is 0 Å². The largest absolute Gasteiger partial charge is 0.401 e. The lowest BCUT2D eigenvalue weighted by Gasteiger charge is -2.13. The Bertz CT molecular complexity index is 1230. The highest BCUT2D eigenvalue weighted by atomic mass is 32.1. The third-order valence-corrected chi connectivity index (χ3v) is 6.28. The van der Waals surface area contributed by atoms with Gasteiger partial charge in [0.1, 0.15) is 11.4 Å². The number of aromatic amines is 1. The fraction of sp³-hybridized carbons (Fsp3) is 0.318. The molecule has 0 radical (unpaired) electrons. The smallest absolute Gasteiger partial charge is 0.267 e. The second-order valence-corrected chi connectivity index (χ2v) is 8.88. The van der Waals surface area contributed by atoms with Crippen molar-refractivity contribution in [1.29, 1.82) is 0 Å². The lowest BCUT2D eigenvalue weighted by Crippen LogP contribution is -2.29. The Balaban J connectivity index is 1.41. The third-order valence-electron chi connectivity index (χ3n) is 5.37.